The van der Waals surface area contributed by atoms with Gasteiger partial charge >= 0.3 is 0 Å². The number of morpholine rings is 1. The second kappa shape index (κ2) is 9.09. The molecule has 0 spiro atoms. The number of nitrogens with zero attached hydrogens (tertiary/aromatic N) is 1. The molecule has 1 aromatic carbocycles. The van der Waals surface area contributed by atoms with Gasteiger partial charge in [0.15, 0.2) is 0 Å². The van der Waals surface area contributed by atoms with Crippen molar-refractivity contribution in [2.24, 2.45) is 0 Å². The molecule has 0 saturated carbocycles. The van der Waals surface area contributed by atoms with E-state index in [-0.39, 0.29) is 0 Å². The second-order valence-electron chi connectivity index (χ2n) is 8.22. The Kier molecular flexibility index (Phi) is 7.36. The van der Waals surface area contributed by atoms with Crippen LogP contribution in [-0.2, 0) is 4.74 Å². The van der Waals surface area contributed by atoms with E-state index in [1.54, 1.807) is 0 Å². The average Bonchev–Trinajstić information content (AvgIpc) is 2.61. The smallest absolute Gasteiger partial charge is 0.258 e. The van der Waals surface area contributed by atoms with Gasteiger partial charge in [-0.15, -0.1) is 0 Å². The van der Waals surface area contributed by atoms with Gasteiger partial charge in [-0.25, -0.2) is 0 Å². The lowest BCUT2D eigenvalue weighted by Gasteiger charge is -2.42. The quantitative estimate of drug-likeness (QED) is 0.551. The van der Waals surface area contributed by atoms with Crippen molar-refractivity contribution in [1.82, 2.24) is 4.90 Å². The summed E-state index contributed by atoms with van der Waals surface area (Å²) < 4.78 is 12.3. The van der Waals surface area contributed by atoms with Gasteiger partial charge in [0, 0.05) is 18.8 Å². The van der Waals surface area contributed by atoms with Crippen molar-refractivity contribution in [3.8, 4) is 5.75 Å². The van der Waals surface area contributed by atoms with Crippen molar-refractivity contribution in [3.05, 3.63) is 35.9 Å². The molecule has 0 atom stereocenters. The summed E-state index contributed by atoms with van der Waals surface area (Å²) in [5.74, 6) is 1.02. The Morgan fingerprint density at radius 1 is 0.962 bits per heavy atom. The van der Waals surface area contributed by atoms with E-state index in [0.717, 1.165) is 32.1 Å². The normalized spacial score (nSPS) is 16.7. The van der Waals surface area contributed by atoms with E-state index < -0.39 is 8.32 Å². The maximum atomic E-state index is 6.79. The highest BCUT2D eigenvalue weighted by atomic mass is 28.4. The molecule has 3 nitrogen and oxygen atoms in total. The molecule has 0 aromatic heterocycles. The predicted molar refractivity (Wildman–Crippen MR) is 114 cm³/mol. The van der Waals surface area contributed by atoms with E-state index in [2.05, 4.69) is 83.7 Å². The fraction of sp³-hybridized carbons (Fsp3) is 0.636. The third-order valence-corrected chi connectivity index (χ3v) is 11.8. The van der Waals surface area contributed by atoms with Crippen molar-refractivity contribution in [1.29, 1.82) is 0 Å². The molecule has 1 aliphatic rings. The fourth-order valence-corrected chi connectivity index (χ4v) is 9.84. The molecule has 1 aliphatic heterocycles. The topological polar surface area (TPSA) is 21.7 Å². The minimum atomic E-state index is -1.90. The molecule has 2 rings (SSSR count). The van der Waals surface area contributed by atoms with E-state index in [1.807, 2.05) is 0 Å². The zero-order valence-corrected chi connectivity index (χ0v) is 18.7. The number of hydrogen-bond donors (Lipinski definition) is 0. The Hall–Kier alpha value is -1.26. The highest BCUT2D eigenvalue weighted by Gasteiger charge is 2.46. The summed E-state index contributed by atoms with van der Waals surface area (Å²) >= 11 is 0. The van der Waals surface area contributed by atoms with Crippen molar-refractivity contribution in [2.45, 2.75) is 65.1 Å². The average molecular weight is 376 g/mol. The molecule has 146 valence electrons. The Balaban J connectivity index is 2.22. The fourth-order valence-electron chi connectivity index (χ4n) is 4.59. The van der Waals surface area contributed by atoms with Crippen molar-refractivity contribution in [3.63, 3.8) is 0 Å². The Bertz CT molecular complexity index is 565. The lowest BCUT2D eigenvalue weighted by atomic mass is 10.1. The molecule has 0 aliphatic carbocycles. The van der Waals surface area contributed by atoms with Gasteiger partial charge in [0.1, 0.15) is 5.75 Å². The minimum absolute atomic E-state index is 0.585. The Morgan fingerprint density at radius 2 is 1.46 bits per heavy atom. The number of ether oxygens (including phenoxy) is 1. The zero-order chi connectivity index (χ0) is 19.3. The van der Waals surface area contributed by atoms with Gasteiger partial charge in [-0.3, -0.25) is 0 Å². The van der Waals surface area contributed by atoms with Crippen LogP contribution in [0.5, 0.6) is 5.75 Å². The van der Waals surface area contributed by atoms with Crippen LogP contribution in [0, 0.1) is 0 Å². The highest BCUT2D eigenvalue weighted by Crippen LogP contribution is 2.42. The van der Waals surface area contributed by atoms with Gasteiger partial charge in [-0.1, -0.05) is 47.6 Å². The van der Waals surface area contributed by atoms with E-state index in [0.29, 0.717) is 16.6 Å². The second-order valence-corrected chi connectivity index (χ2v) is 13.6. The van der Waals surface area contributed by atoms with Crippen LogP contribution in [0.1, 0.15) is 54.0 Å². The van der Waals surface area contributed by atoms with E-state index in [4.69, 9.17) is 9.16 Å². The highest BCUT2D eigenvalue weighted by molar-refractivity contribution is 6.78. The molecule has 1 heterocycles. The summed E-state index contributed by atoms with van der Waals surface area (Å²) in [6.45, 7) is 19.6. The van der Waals surface area contributed by atoms with Crippen LogP contribution < -0.4 is 4.43 Å². The molecule has 26 heavy (non-hydrogen) atoms. The summed E-state index contributed by atoms with van der Waals surface area (Å²) in [7, 11) is -1.90. The van der Waals surface area contributed by atoms with Crippen LogP contribution in [0.2, 0.25) is 16.6 Å². The molecule has 4 heteroatoms. The van der Waals surface area contributed by atoms with Gasteiger partial charge in [0.2, 0.25) is 0 Å². The van der Waals surface area contributed by atoms with Gasteiger partial charge < -0.3 is 14.1 Å². The summed E-state index contributed by atoms with van der Waals surface area (Å²) in [6.07, 6.45) is 2.20. The molecular formula is C22H37NO2Si. The van der Waals surface area contributed by atoms with Crippen LogP contribution >= 0.6 is 0 Å². The van der Waals surface area contributed by atoms with Gasteiger partial charge in [-0.05, 0) is 53.4 Å². The van der Waals surface area contributed by atoms with Crippen LogP contribution in [0.25, 0.3) is 5.70 Å². The van der Waals surface area contributed by atoms with Crippen LogP contribution in [0.15, 0.2) is 30.3 Å². The van der Waals surface area contributed by atoms with Crippen LogP contribution in [-0.4, -0.2) is 39.5 Å². The molecule has 0 bridgehead atoms. The summed E-state index contributed by atoms with van der Waals surface area (Å²) in [4.78, 5) is 2.41. The number of hydrogen-bond acceptors (Lipinski definition) is 3. The third-order valence-electron chi connectivity index (χ3n) is 5.78. The third kappa shape index (κ3) is 4.34. The SMILES string of the molecule is CC=C(c1ccc(O[Si](C(C)C)(C(C)C)C(C)C)cc1)N1CCOCC1. The molecule has 0 N–H and O–H groups in total. The molecular weight excluding hydrogens is 338 g/mol. The first kappa shape index (κ1) is 21.0. The molecule has 1 saturated heterocycles. The van der Waals surface area contributed by atoms with E-state index in [9.17, 15) is 0 Å². The predicted octanol–water partition coefficient (Wildman–Crippen LogP) is 5.93. The first-order valence-electron chi connectivity index (χ1n) is 10.1. The largest absolute Gasteiger partial charge is 0.543 e. The van der Waals surface area contributed by atoms with Gasteiger partial charge in [-0.2, -0.15) is 0 Å². The Labute approximate surface area is 161 Å². The van der Waals surface area contributed by atoms with Crippen LogP contribution in [0.3, 0.4) is 0 Å². The first-order valence-corrected chi connectivity index (χ1v) is 12.2. The molecule has 0 unspecified atom stereocenters. The van der Waals surface area contributed by atoms with E-state index >= 15 is 0 Å². The van der Waals surface area contributed by atoms with Crippen LogP contribution in [0.4, 0.5) is 0 Å². The standard InChI is InChI=1S/C22H37NO2Si/c1-8-22(23-13-15-24-16-14-23)20-9-11-21(12-10-20)25-26(17(2)3,18(4)5)19(6)7/h8-12,17-19H,13-16H2,1-7H3. The summed E-state index contributed by atoms with van der Waals surface area (Å²) in [5.41, 5.74) is 4.30. The number of rotatable bonds is 7. The molecule has 1 fully saturated rings. The lowest BCUT2D eigenvalue weighted by Crippen LogP contribution is -2.50. The monoisotopic (exact) mass is 375 g/mol. The van der Waals surface area contributed by atoms with Crippen molar-refractivity contribution >= 4 is 14.0 Å². The minimum Gasteiger partial charge on any atom is -0.543 e. The summed E-state index contributed by atoms with van der Waals surface area (Å²) in [6, 6.07) is 8.74. The van der Waals surface area contributed by atoms with Crippen molar-refractivity contribution < 1.29 is 9.16 Å². The number of benzene rings is 1. The van der Waals surface area contributed by atoms with Gasteiger partial charge in [0.05, 0.1) is 13.2 Å². The van der Waals surface area contributed by atoms with Gasteiger partial charge in [0.25, 0.3) is 8.32 Å². The van der Waals surface area contributed by atoms with E-state index in [1.165, 1.54) is 11.3 Å². The lowest BCUT2D eigenvalue weighted by molar-refractivity contribution is 0.0639. The maximum Gasteiger partial charge on any atom is 0.258 e. The zero-order valence-electron chi connectivity index (χ0n) is 17.7. The molecule has 0 amide bonds. The number of allylic oxidation sites excluding steroid dienone is 1. The Morgan fingerprint density at radius 3 is 1.88 bits per heavy atom. The maximum absolute atomic E-state index is 6.79. The summed E-state index contributed by atoms with van der Waals surface area (Å²) in [5, 5.41) is 0. The van der Waals surface area contributed by atoms with Crippen molar-refractivity contribution in [2.75, 3.05) is 26.3 Å². The molecule has 1 aromatic rings. The molecule has 0 radical (unpaired) electrons. The first-order chi connectivity index (χ1) is 12.3.